The molecule has 2 aliphatic rings. The van der Waals surface area contributed by atoms with Crippen molar-refractivity contribution in [3.8, 4) is 23.0 Å². The molecule has 0 unspecified atom stereocenters. The van der Waals surface area contributed by atoms with Crippen LogP contribution in [0.3, 0.4) is 0 Å². The summed E-state index contributed by atoms with van der Waals surface area (Å²) in [6.45, 7) is 4.09. The Kier molecular flexibility index (Phi) is 4.51. The summed E-state index contributed by atoms with van der Waals surface area (Å²) in [4.78, 5) is 0.134. The highest BCUT2D eigenvalue weighted by Gasteiger charge is 2.36. The highest BCUT2D eigenvalue weighted by atomic mass is 32.2. The average Bonchev–Trinajstić information content (AvgIpc) is 3.47. The van der Waals surface area contributed by atoms with Crippen LogP contribution in [0.25, 0.3) is 11.5 Å². The summed E-state index contributed by atoms with van der Waals surface area (Å²) in [5.41, 5.74) is 1.08. The Labute approximate surface area is 172 Å². The van der Waals surface area contributed by atoms with Crippen molar-refractivity contribution in [2.75, 3.05) is 19.9 Å². The van der Waals surface area contributed by atoms with Crippen molar-refractivity contribution in [1.82, 2.24) is 19.7 Å². The number of aryl methyl sites for hydroxylation is 2. The van der Waals surface area contributed by atoms with Gasteiger partial charge in [-0.25, -0.2) is 8.42 Å². The van der Waals surface area contributed by atoms with E-state index in [0.717, 1.165) is 6.42 Å². The van der Waals surface area contributed by atoms with Crippen molar-refractivity contribution in [3.63, 3.8) is 0 Å². The lowest BCUT2D eigenvalue weighted by atomic mass is 10.00. The molecule has 1 saturated heterocycles. The molecule has 0 radical (unpaired) electrons. The fraction of sp³-hybridized carbons (Fsp3) is 0.421. The van der Waals surface area contributed by atoms with E-state index < -0.39 is 10.0 Å². The Hall–Kier alpha value is -2.92. The molecule has 10 nitrogen and oxygen atoms in total. The number of rotatable bonds is 4. The van der Waals surface area contributed by atoms with Crippen molar-refractivity contribution >= 4 is 10.0 Å². The molecular weight excluding hydrogens is 412 g/mol. The molecule has 0 bridgehead atoms. The lowest BCUT2D eigenvalue weighted by Gasteiger charge is -2.30. The van der Waals surface area contributed by atoms with Gasteiger partial charge in [-0.2, -0.15) is 4.31 Å². The van der Waals surface area contributed by atoms with Gasteiger partial charge in [0, 0.05) is 18.7 Å². The molecule has 4 heterocycles. The van der Waals surface area contributed by atoms with Crippen LogP contribution in [0.2, 0.25) is 0 Å². The van der Waals surface area contributed by atoms with E-state index in [1.165, 1.54) is 4.31 Å². The van der Waals surface area contributed by atoms with Crippen molar-refractivity contribution < 1.29 is 26.8 Å². The van der Waals surface area contributed by atoms with E-state index in [2.05, 4.69) is 15.4 Å². The maximum absolute atomic E-state index is 13.1. The van der Waals surface area contributed by atoms with E-state index in [-0.39, 0.29) is 29.9 Å². The second-order valence-electron chi connectivity index (χ2n) is 7.37. The molecule has 158 valence electrons. The zero-order chi connectivity index (χ0) is 20.9. The van der Waals surface area contributed by atoms with Crippen LogP contribution in [0.15, 0.2) is 32.0 Å². The third-order valence-corrected chi connectivity index (χ3v) is 7.47. The second-order valence-corrected chi connectivity index (χ2v) is 9.24. The van der Waals surface area contributed by atoms with Crippen LogP contribution in [-0.2, 0) is 10.0 Å². The summed E-state index contributed by atoms with van der Waals surface area (Å²) < 4.78 is 49.4. The summed E-state index contributed by atoms with van der Waals surface area (Å²) in [6, 6.07) is 5.40. The zero-order valence-electron chi connectivity index (χ0n) is 16.5. The molecule has 1 atom stereocenters. The maximum atomic E-state index is 13.1. The minimum atomic E-state index is -3.72. The zero-order valence-corrected chi connectivity index (χ0v) is 17.3. The minimum Gasteiger partial charge on any atom is -0.454 e. The first-order valence-corrected chi connectivity index (χ1v) is 11.0. The van der Waals surface area contributed by atoms with Gasteiger partial charge in [-0.1, -0.05) is 5.16 Å². The quantitative estimate of drug-likeness (QED) is 0.612. The molecule has 1 fully saturated rings. The number of benzene rings is 1. The van der Waals surface area contributed by atoms with Gasteiger partial charge in [0.25, 0.3) is 0 Å². The highest BCUT2D eigenvalue weighted by molar-refractivity contribution is 7.89. The third kappa shape index (κ3) is 3.14. The van der Waals surface area contributed by atoms with Crippen LogP contribution in [0.4, 0.5) is 0 Å². The number of hydrogen-bond acceptors (Lipinski definition) is 9. The third-order valence-electron chi connectivity index (χ3n) is 5.36. The largest absolute Gasteiger partial charge is 0.454 e. The fourth-order valence-corrected chi connectivity index (χ4v) is 5.70. The van der Waals surface area contributed by atoms with Gasteiger partial charge in [0.1, 0.15) is 10.6 Å². The Morgan fingerprint density at radius 1 is 1.13 bits per heavy atom. The monoisotopic (exact) mass is 432 g/mol. The van der Waals surface area contributed by atoms with Gasteiger partial charge in [-0.05, 0) is 44.9 Å². The van der Waals surface area contributed by atoms with Crippen LogP contribution < -0.4 is 9.47 Å². The molecule has 30 heavy (non-hydrogen) atoms. The van der Waals surface area contributed by atoms with E-state index in [0.29, 0.717) is 47.5 Å². The number of piperidine rings is 1. The van der Waals surface area contributed by atoms with Gasteiger partial charge in [0.15, 0.2) is 17.3 Å². The summed E-state index contributed by atoms with van der Waals surface area (Å²) in [5, 5.41) is 12.1. The summed E-state index contributed by atoms with van der Waals surface area (Å²) in [5.74, 6) is 2.17. The molecule has 0 aliphatic carbocycles. The van der Waals surface area contributed by atoms with Gasteiger partial charge in [0.2, 0.25) is 28.6 Å². The Morgan fingerprint density at radius 3 is 2.77 bits per heavy atom. The first-order chi connectivity index (χ1) is 14.4. The molecule has 11 heteroatoms. The standard InChI is InChI=1S/C19H20N4O6S/c1-11-17(12(2)29-22-11)30(24,25)23-7-3-4-14(9-23)19-21-20-18(28-19)13-5-6-15-16(8-13)27-10-26-15/h5-6,8,14H,3-4,7,9-10H2,1-2H3/t14-/m0/s1. The molecule has 0 saturated carbocycles. The van der Waals surface area contributed by atoms with Crippen molar-refractivity contribution in [1.29, 1.82) is 0 Å². The average molecular weight is 432 g/mol. The Bertz CT molecular complexity index is 1180. The van der Waals surface area contributed by atoms with Gasteiger partial charge in [-0.15, -0.1) is 10.2 Å². The van der Waals surface area contributed by atoms with Crippen molar-refractivity contribution in [2.24, 2.45) is 0 Å². The molecule has 5 rings (SSSR count). The molecular formula is C19H20N4O6S. The molecule has 2 aromatic heterocycles. The van der Waals surface area contributed by atoms with Crippen molar-refractivity contribution in [3.05, 3.63) is 35.5 Å². The van der Waals surface area contributed by atoms with Crippen molar-refractivity contribution in [2.45, 2.75) is 37.5 Å². The number of aromatic nitrogens is 3. The molecule has 2 aliphatic heterocycles. The number of nitrogens with zero attached hydrogens (tertiary/aromatic N) is 4. The smallest absolute Gasteiger partial charge is 0.248 e. The normalized spacial score (nSPS) is 19.3. The van der Waals surface area contributed by atoms with E-state index in [1.807, 2.05) is 6.07 Å². The number of sulfonamides is 1. The first-order valence-electron chi connectivity index (χ1n) is 9.60. The van der Waals surface area contributed by atoms with Gasteiger partial charge < -0.3 is 18.4 Å². The number of hydrogen-bond donors (Lipinski definition) is 0. The summed E-state index contributed by atoms with van der Waals surface area (Å²) >= 11 is 0. The predicted molar refractivity (Wildman–Crippen MR) is 103 cm³/mol. The first kappa shape index (κ1) is 19.1. The van der Waals surface area contributed by atoms with E-state index >= 15 is 0 Å². The number of fused-ring (bicyclic) bond motifs is 1. The Morgan fingerprint density at radius 2 is 1.97 bits per heavy atom. The molecule has 0 spiro atoms. The SMILES string of the molecule is Cc1noc(C)c1S(=O)(=O)N1CCC[C@H](c2nnc(-c3ccc4c(c3)OCO4)o2)C1. The lowest BCUT2D eigenvalue weighted by molar-refractivity contribution is 0.174. The van der Waals surface area contributed by atoms with E-state index in [9.17, 15) is 8.42 Å². The van der Waals surface area contributed by atoms with Crippen LogP contribution >= 0.6 is 0 Å². The Balaban J connectivity index is 1.38. The molecule has 1 aromatic carbocycles. The van der Waals surface area contributed by atoms with E-state index in [4.69, 9.17) is 18.4 Å². The van der Waals surface area contributed by atoms with Crippen LogP contribution in [0.1, 0.15) is 36.1 Å². The van der Waals surface area contributed by atoms with Gasteiger partial charge in [0.05, 0.1) is 5.92 Å². The van der Waals surface area contributed by atoms with Crippen LogP contribution in [-0.4, -0.2) is 48.0 Å². The lowest BCUT2D eigenvalue weighted by Crippen LogP contribution is -2.39. The molecule has 0 amide bonds. The van der Waals surface area contributed by atoms with Crippen LogP contribution in [0, 0.1) is 13.8 Å². The molecule has 0 N–H and O–H groups in total. The van der Waals surface area contributed by atoms with Crippen LogP contribution in [0.5, 0.6) is 11.5 Å². The fourth-order valence-electron chi connectivity index (χ4n) is 3.88. The maximum Gasteiger partial charge on any atom is 0.248 e. The summed E-state index contributed by atoms with van der Waals surface area (Å²) in [7, 11) is -3.72. The van der Waals surface area contributed by atoms with Gasteiger partial charge in [-0.3, -0.25) is 0 Å². The highest BCUT2D eigenvalue weighted by Crippen LogP contribution is 2.37. The second kappa shape index (κ2) is 7.10. The minimum absolute atomic E-state index is 0.134. The summed E-state index contributed by atoms with van der Waals surface area (Å²) in [6.07, 6.45) is 1.45. The predicted octanol–water partition coefficient (Wildman–Crippen LogP) is 2.64. The van der Waals surface area contributed by atoms with E-state index in [1.54, 1.807) is 26.0 Å². The number of ether oxygens (including phenoxy) is 2. The topological polar surface area (TPSA) is 121 Å². The van der Waals surface area contributed by atoms with Gasteiger partial charge >= 0.3 is 0 Å². The molecule has 3 aromatic rings.